The third-order valence-electron chi connectivity index (χ3n) is 8.27. The summed E-state index contributed by atoms with van der Waals surface area (Å²) >= 11 is 0. The van der Waals surface area contributed by atoms with E-state index in [2.05, 4.69) is 5.16 Å². The number of hydrogen-bond acceptors (Lipinski definition) is 6. The number of aryl methyl sites for hydroxylation is 3. The molecule has 9 heteroatoms. The van der Waals surface area contributed by atoms with Crippen molar-refractivity contribution in [2.45, 2.75) is 46.4 Å². The van der Waals surface area contributed by atoms with Crippen molar-refractivity contribution in [3.63, 3.8) is 0 Å². The van der Waals surface area contributed by atoms with Crippen LogP contribution in [0.2, 0.25) is 0 Å². The van der Waals surface area contributed by atoms with Crippen molar-refractivity contribution in [1.29, 1.82) is 0 Å². The van der Waals surface area contributed by atoms with Crippen LogP contribution in [0.1, 0.15) is 51.7 Å². The average molecular weight is 559 g/mol. The molecule has 0 saturated heterocycles. The molecule has 41 heavy (non-hydrogen) atoms. The van der Waals surface area contributed by atoms with E-state index in [1.807, 2.05) is 74.0 Å². The minimum absolute atomic E-state index is 0.150. The smallest absolute Gasteiger partial charge is 0.271 e. The zero-order chi connectivity index (χ0) is 29.4. The number of amides is 2. The maximum absolute atomic E-state index is 14.5. The van der Waals surface area contributed by atoms with Gasteiger partial charge in [-0.05, 0) is 38.0 Å². The molecule has 0 bridgehead atoms. The first-order valence-corrected chi connectivity index (χ1v) is 14.0. The summed E-state index contributed by atoms with van der Waals surface area (Å²) in [4.78, 5) is 31.2. The second kappa shape index (κ2) is 11.5. The normalized spacial score (nSPS) is 18.5. The van der Waals surface area contributed by atoms with Crippen LogP contribution in [0, 0.1) is 19.8 Å². The Kier molecular flexibility index (Phi) is 8.02. The Balaban J connectivity index is 1.60. The Bertz CT molecular complexity index is 1570. The minimum atomic E-state index is -0.422. The van der Waals surface area contributed by atoms with Gasteiger partial charge >= 0.3 is 0 Å². The zero-order valence-corrected chi connectivity index (χ0v) is 24.5. The van der Waals surface area contributed by atoms with Crippen LogP contribution in [0.4, 0.5) is 0 Å². The quantitative estimate of drug-likeness (QED) is 0.385. The lowest BCUT2D eigenvalue weighted by Gasteiger charge is -2.35. The SMILES string of the molecule is Cc1noc(C)c1C(=O)N(C)C[C@H]1OCc2ccccc2-c2c(n(C)c3ccccc23)C(=O)N([C@@H](C)CO)C[C@H]1C. The maximum Gasteiger partial charge on any atom is 0.271 e. The van der Waals surface area contributed by atoms with Crippen molar-refractivity contribution in [2.24, 2.45) is 13.0 Å². The Morgan fingerprint density at radius 2 is 1.88 bits per heavy atom. The molecular weight excluding hydrogens is 520 g/mol. The second-order valence-corrected chi connectivity index (χ2v) is 11.2. The molecule has 0 saturated carbocycles. The molecule has 3 heterocycles. The van der Waals surface area contributed by atoms with E-state index in [0.717, 1.165) is 27.6 Å². The number of nitrogens with zero attached hydrogens (tertiary/aromatic N) is 4. The summed E-state index contributed by atoms with van der Waals surface area (Å²) in [6, 6.07) is 15.6. The molecule has 1 N–H and O–H groups in total. The van der Waals surface area contributed by atoms with Gasteiger partial charge in [0.05, 0.1) is 31.1 Å². The van der Waals surface area contributed by atoms with E-state index in [1.165, 1.54) is 0 Å². The van der Waals surface area contributed by atoms with Crippen molar-refractivity contribution >= 4 is 22.7 Å². The molecule has 3 atom stereocenters. The highest BCUT2D eigenvalue weighted by atomic mass is 16.5. The number of benzene rings is 2. The number of rotatable bonds is 5. The van der Waals surface area contributed by atoms with Crippen molar-refractivity contribution in [3.05, 3.63) is 76.8 Å². The monoisotopic (exact) mass is 558 g/mol. The molecule has 0 fully saturated rings. The van der Waals surface area contributed by atoms with Gasteiger partial charge in [0.15, 0.2) is 0 Å². The van der Waals surface area contributed by atoms with Crippen molar-refractivity contribution < 1.29 is 24.0 Å². The third-order valence-corrected chi connectivity index (χ3v) is 8.27. The molecule has 216 valence electrons. The highest BCUT2D eigenvalue weighted by Gasteiger charge is 2.34. The van der Waals surface area contributed by atoms with Gasteiger partial charge in [0.2, 0.25) is 0 Å². The average Bonchev–Trinajstić information content (AvgIpc) is 3.46. The zero-order valence-electron chi connectivity index (χ0n) is 24.5. The van der Waals surface area contributed by atoms with Gasteiger partial charge in [-0.25, -0.2) is 0 Å². The predicted octanol–water partition coefficient (Wildman–Crippen LogP) is 4.58. The third kappa shape index (κ3) is 5.15. The molecule has 2 aromatic heterocycles. The van der Waals surface area contributed by atoms with Crippen molar-refractivity contribution in [3.8, 4) is 11.1 Å². The minimum Gasteiger partial charge on any atom is -0.394 e. The lowest BCUT2D eigenvalue weighted by Crippen LogP contribution is -2.48. The largest absolute Gasteiger partial charge is 0.394 e. The van der Waals surface area contributed by atoms with Crippen LogP contribution in [-0.2, 0) is 18.4 Å². The molecule has 1 aliphatic heterocycles. The Hall–Kier alpha value is -3.95. The van der Waals surface area contributed by atoms with Gasteiger partial charge in [0.25, 0.3) is 11.8 Å². The number of fused-ring (bicyclic) bond motifs is 5. The van der Waals surface area contributed by atoms with E-state index in [1.54, 1.807) is 30.7 Å². The molecule has 9 nitrogen and oxygen atoms in total. The van der Waals surface area contributed by atoms with Crippen molar-refractivity contribution in [2.75, 3.05) is 26.7 Å². The van der Waals surface area contributed by atoms with E-state index >= 15 is 0 Å². The van der Waals surface area contributed by atoms with Crippen LogP contribution in [-0.4, -0.2) is 75.3 Å². The molecule has 5 rings (SSSR count). The standard InChI is InChI=1S/C32H38N4O5/c1-19-15-36(20(2)17-37)32(39)30-29(25-13-9-10-14-26(25)35(30)6)24-12-8-7-11-23(24)18-40-27(19)16-34(5)31(38)28-21(3)33-41-22(28)4/h7-14,19-20,27,37H,15-18H2,1-6H3/t19-,20+,27-/m1/s1. The lowest BCUT2D eigenvalue weighted by molar-refractivity contribution is -0.0210. The number of likely N-dealkylation sites (N-methyl/N-ethyl adjacent to an activating group) is 1. The number of hydrogen-bond donors (Lipinski definition) is 1. The van der Waals surface area contributed by atoms with Gasteiger partial charge in [-0.1, -0.05) is 54.5 Å². The molecule has 2 aromatic carbocycles. The number of ether oxygens (including phenoxy) is 1. The lowest BCUT2D eigenvalue weighted by atomic mass is 9.96. The molecule has 1 aliphatic rings. The number of aliphatic hydroxyl groups is 1. The molecule has 0 radical (unpaired) electrons. The summed E-state index contributed by atoms with van der Waals surface area (Å²) in [5, 5.41) is 15.1. The number of para-hydroxylation sites is 1. The highest BCUT2D eigenvalue weighted by Crippen LogP contribution is 2.38. The fourth-order valence-electron chi connectivity index (χ4n) is 5.86. The summed E-state index contributed by atoms with van der Waals surface area (Å²) in [6.45, 7) is 8.13. The summed E-state index contributed by atoms with van der Waals surface area (Å²) in [5.74, 6) is -0.0236. The van der Waals surface area contributed by atoms with Crippen LogP contribution in [0.15, 0.2) is 53.1 Å². The van der Waals surface area contributed by atoms with Gasteiger partial charge < -0.3 is 28.7 Å². The number of carbonyl (C=O) groups excluding carboxylic acids is 2. The van der Waals surface area contributed by atoms with Gasteiger partial charge in [-0.3, -0.25) is 9.59 Å². The van der Waals surface area contributed by atoms with E-state index in [0.29, 0.717) is 42.4 Å². The topological polar surface area (TPSA) is 101 Å². The Labute approximate surface area is 240 Å². The first-order valence-electron chi connectivity index (χ1n) is 14.0. The predicted molar refractivity (Wildman–Crippen MR) is 157 cm³/mol. The first kappa shape index (κ1) is 28.6. The van der Waals surface area contributed by atoms with Crippen LogP contribution in [0.25, 0.3) is 22.0 Å². The van der Waals surface area contributed by atoms with Gasteiger partial charge in [-0.15, -0.1) is 0 Å². The summed E-state index contributed by atoms with van der Waals surface area (Å²) in [6.07, 6.45) is -0.392. The number of carbonyl (C=O) groups is 2. The van der Waals surface area contributed by atoms with Gasteiger partial charge in [0.1, 0.15) is 17.0 Å². The van der Waals surface area contributed by atoms with E-state index in [4.69, 9.17) is 9.26 Å². The molecule has 0 unspecified atom stereocenters. The number of aromatic nitrogens is 2. The molecular formula is C32H38N4O5. The van der Waals surface area contributed by atoms with Gasteiger partial charge in [0, 0.05) is 49.6 Å². The summed E-state index contributed by atoms with van der Waals surface area (Å²) in [5.41, 5.74) is 5.28. The molecule has 2 amide bonds. The van der Waals surface area contributed by atoms with Crippen LogP contribution >= 0.6 is 0 Å². The maximum atomic E-state index is 14.5. The van der Waals surface area contributed by atoms with Crippen molar-refractivity contribution in [1.82, 2.24) is 19.5 Å². The fourth-order valence-corrected chi connectivity index (χ4v) is 5.86. The van der Waals surface area contributed by atoms with E-state index in [-0.39, 0.29) is 24.3 Å². The first-order chi connectivity index (χ1) is 19.6. The van der Waals surface area contributed by atoms with Crippen LogP contribution < -0.4 is 0 Å². The summed E-state index contributed by atoms with van der Waals surface area (Å²) < 4.78 is 13.8. The second-order valence-electron chi connectivity index (χ2n) is 11.2. The molecule has 0 aliphatic carbocycles. The molecule has 0 spiro atoms. The van der Waals surface area contributed by atoms with Gasteiger partial charge in [-0.2, -0.15) is 0 Å². The van der Waals surface area contributed by atoms with E-state index in [9.17, 15) is 14.7 Å². The summed E-state index contributed by atoms with van der Waals surface area (Å²) in [7, 11) is 3.66. The molecule has 4 aromatic rings. The van der Waals surface area contributed by atoms with Crippen LogP contribution in [0.5, 0.6) is 0 Å². The Morgan fingerprint density at radius 1 is 1.17 bits per heavy atom. The Morgan fingerprint density at radius 3 is 2.59 bits per heavy atom. The number of aliphatic hydroxyl groups excluding tert-OH is 1. The fraction of sp³-hybridized carbons (Fsp3) is 0.406. The van der Waals surface area contributed by atoms with Crippen LogP contribution in [0.3, 0.4) is 0 Å². The van der Waals surface area contributed by atoms with E-state index < -0.39 is 12.1 Å². The highest BCUT2D eigenvalue weighted by molar-refractivity contribution is 6.10.